The van der Waals surface area contributed by atoms with Gasteiger partial charge in [-0.05, 0) is 73.4 Å². The molecule has 12 heteroatoms. The lowest BCUT2D eigenvalue weighted by Gasteiger charge is -2.14. The molecule has 0 saturated carbocycles. The maximum absolute atomic E-state index is 11.5. The molecule has 3 N–H and O–H groups in total. The summed E-state index contributed by atoms with van der Waals surface area (Å²) in [5, 5.41) is 9.69. The van der Waals surface area contributed by atoms with Crippen molar-refractivity contribution in [2.24, 2.45) is 11.8 Å². The zero-order valence-corrected chi connectivity index (χ0v) is 19.6. The first-order chi connectivity index (χ1) is 14.1. The molecule has 2 unspecified atom stereocenters. The Hall–Kier alpha value is -1.50. The molecule has 2 saturated heterocycles. The molecule has 1 aromatic carbocycles. The Morgan fingerprint density at radius 1 is 0.900 bits per heavy atom. The molecule has 2 heterocycles. The molecule has 2 aliphatic heterocycles. The minimum absolute atomic E-state index is 0.0565. The summed E-state index contributed by atoms with van der Waals surface area (Å²) < 4.78 is 51.5. The summed E-state index contributed by atoms with van der Waals surface area (Å²) in [5.74, 6) is 1.57. The van der Waals surface area contributed by atoms with Gasteiger partial charge in [0.25, 0.3) is 5.17 Å². The summed E-state index contributed by atoms with van der Waals surface area (Å²) in [6.07, 6.45) is 1.30. The van der Waals surface area contributed by atoms with Crippen LogP contribution in [-0.2, 0) is 19.7 Å². The lowest BCUT2D eigenvalue weighted by atomic mass is 10.1. The predicted molar refractivity (Wildman–Crippen MR) is 125 cm³/mol. The second kappa shape index (κ2) is 9.75. The maximum atomic E-state index is 11.5. The minimum Gasteiger partial charge on any atom is -0.432 e. The molecule has 3 rings (SSSR count). The van der Waals surface area contributed by atoms with Crippen molar-refractivity contribution in [1.29, 1.82) is 0 Å². The molecule has 0 aromatic heterocycles. The van der Waals surface area contributed by atoms with Crippen LogP contribution in [-0.4, -0.2) is 63.2 Å². The van der Waals surface area contributed by atoms with Crippen molar-refractivity contribution in [3.63, 3.8) is 0 Å². The molecule has 166 valence electrons. The van der Waals surface area contributed by atoms with Gasteiger partial charge in [0.15, 0.2) is 24.8 Å². The fourth-order valence-corrected chi connectivity index (χ4v) is 7.56. The molecule has 0 radical (unpaired) electrons. The topological polar surface area (TPSA) is 114 Å². The molecule has 0 amide bonds. The Bertz CT molecular complexity index is 912. The van der Waals surface area contributed by atoms with E-state index in [2.05, 4.69) is 16.0 Å². The van der Waals surface area contributed by atoms with Crippen LogP contribution in [0.4, 0.5) is 5.69 Å². The van der Waals surface area contributed by atoms with Crippen LogP contribution in [0.25, 0.3) is 0 Å². The van der Waals surface area contributed by atoms with E-state index in [1.54, 1.807) is 24.3 Å². The highest BCUT2D eigenvalue weighted by Gasteiger charge is 2.28. The third-order valence-electron chi connectivity index (χ3n) is 5.06. The highest BCUT2D eigenvalue weighted by Crippen LogP contribution is 2.19. The van der Waals surface area contributed by atoms with Crippen LogP contribution in [0, 0.1) is 11.8 Å². The summed E-state index contributed by atoms with van der Waals surface area (Å²) in [4.78, 5) is 0. The van der Waals surface area contributed by atoms with Gasteiger partial charge in [0.1, 0.15) is 5.75 Å². The summed E-state index contributed by atoms with van der Waals surface area (Å²) in [7, 11) is -5.80. The molecule has 0 spiro atoms. The van der Waals surface area contributed by atoms with Gasteiger partial charge in [0, 0.05) is 18.8 Å². The first-order valence-corrected chi connectivity index (χ1v) is 14.1. The van der Waals surface area contributed by atoms with Gasteiger partial charge in [0.2, 0.25) is 0 Å². The van der Waals surface area contributed by atoms with E-state index in [0.717, 1.165) is 5.69 Å². The zero-order chi connectivity index (χ0) is 21.8. The molecule has 2 fully saturated rings. The van der Waals surface area contributed by atoms with Crippen molar-refractivity contribution in [3.8, 4) is 5.75 Å². The summed E-state index contributed by atoms with van der Waals surface area (Å²) >= 11 is 10.4. The van der Waals surface area contributed by atoms with Crippen LogP contribution >= 0.6 is 24.4 Å². The van der Waals surface area contributed by atoms with E-state index in [1.165, 1.54) is 0 Å². The predicted octanol–water partition coefficient (Wildman–Crippen LogP) is 1.10. The SMILES string of the molecule is O=S1(=O)CCC(CNC(=S)Nc2ccc(OC(=S)NCC3CCS(=O)(=O)C3)cc2)C1. The number of hydrogen-bond acceptors (Lipinski definition) is 7. The molecular weight excluding hydrogens is 466 g/mol. The van der Waals surface area contributed by atoms with E-state index in [9.17, 15) is 16.8 Å². The summed E-state index contributed by atoms with van der Waals surface area (Å²) in [5.41, 5.74) is 0.758. The first-order valence-electron chi connectivity index (χ1n) is 9.62. The number of sulfone groups is 2. The quantitative estimate of drug-likeness (QED) is 0.500. The number of hydrogen-bond donors (Lipinski definition) is 3. The van der Waals surface area contributed by atoms with Crippen molar-refractivity contribution in [2.45, 2.75) is 12.8 Å². The lowest BCUT2D eigenvalue weighted by molar-refractivity contribution is 0.502. The second-order valence-corrected chi connectivity index (χ2v) is 12.9. The van der Waals surface area contributed by atoms with Gasteiger partial charge < -0.3 is 20.7 Å². The molecule has 2 aliphatic rings. The normalized spacial score (nSPS) is 24.1. The Kier molecular flexibility index (Phi) is 7.53. The van der Waals surface area contributed by atoms with Crippen LogP contribution in [0.5, 0.6) is 5.75 Å². The lowest BCUT2D eigenvalue weighted by Crippen LogP contribution is -2.33. The van der Waals surface area contributed by atoms with Gasteiger partial charge in [0.05, 0.1) is 23.0 Å². The fraction of sp³-hybridized carbons (Fsp3) is 0.556. The number of rotatable bonds is 6. The zero-order valence-electron chi connectivity index (χ0n) is 16.3. The Balaban J connectivity index is 1.38. The van der Waals surface area contributed by atoms with Crippen LogP contribution in [0.1, 0.15) is 12.8 Å². The van der Waals surface area contributed by atoms with Gasteiger partial charge in [-0.3, -0.25) is 0 Å². The monoisotopic (exact) mass is 491 g/mol. The van der Waals surface area contributed by atoms with E-state index >= 15 is 0 Å². The first kappa shape index (κ1) is 23.2. The molecule has 30 heavy (non-hydrogen) atoms. The van der Waals surface area contributed by atoms with E-state index < -0.39 is 19.7 Å². The number of anilines is 1. The summed E-state index contributed by atoms with van der Waals surface area (Å²) in [6, 6.07) is 7.05. The third kappa shape index (κ3) is 7.33. The molecule has 1 aromatic rings. The standard InChI is InChI=1S/C18H25N3O5S4/c22-29(23)7-5-13(11-29)9-19-17(27)21-15-1-3-16(4-2-15)26-18(28)20-10-14-6-8-30(24,25)12-14/h1-4,13-14H,5-12H2,(H,20,28)(H2,19,21,27). The van der Waals surface area contributed by atoms with E-state index in [0.29, 0.717) is 36.8 Å². The van der Waals surface area contributed by atoms with Crippen molar-refractivity contribution in [1.82, 2.24) is 10.6 Å². The molecule has 0 bridgehead atoms. The van der Waals surface area contributed by atoms with Crippen LogP contribution in [0.15, 0.2) is 24.3 Å². The van der Waals surface area contributed by atoms with E-state index in [-0.39, 0.29) is 40.0 Å². The van der Waals surface area contributed by atoms with Gasteiger partial charge in [-0.1, -0.05) is 0 Å². The van der Waals surface area contributed by atoms with Gasteiger partial charge in [-0.15, -0.1) is 0 Å². The van der Waals surface area contributed by atoms with Crippen molar-refractivity contribution >= 4 is 60.1 Å². The fourth-order valence-electron chi connectivity index (χ4n) is 3.46. The Morgan fingerprint density at radius 3 is 1.93 bits per heavy atom. The van der Waals surface area contributed by atoms with Crippen molar-refractivity contribution < 1.29 is 21.6 Å². The molecule has 2 atom stereocenters. The summed E-state index contributed by atoms with van der Waals surface area (Å²) in [6.45, 7) is 0.994. The average Bonchev–Trinajstić information content (AvgIpc) is 3.20. The van der Waals surface area contributed by atoms with Crippen LogP contribution in [0.2, 0.25) is 0 Å². The second-order valence-electron chi connectivity index (χ2n) is 7.67. The van der Waals surface area contributed by atoms with Crippen molar-refractivity contribution in [3.05, 3.63) is 24.3 Å². The highest BCUT2D eigenvalue weighted by molar-refractivity contribution is 7.91. The molecule has 8 nitrogen and oxygen atoms in total. The number of ether oxygens (including phenoxy) is 1. The molecular formula is C18H25N3O5S4. The van der Waals surface area contributed by atoms with Gasteiger partial charge in [-0.2, -0.15) is 0 Å². The van der Waals surface area contributed by atoms with Gasteiger partial charge >= 0.3 is 0 Å². The van der Waals surface area contributed by atoms with Crippen LogP contribution in [0.3, 0.4) is 0 Å². The van der Waals surface area contributed by atoms with E-state index in [1.807, 2.05) is 0 Å². The average molecular weight is 492 g/mol. The Morgan fingerprint density at radius 2 is 1.43 bits per heavy atom. The number of nitrogens with one attached hydrogen (secondary N) is 3. The third-order valence-corrected chi connectivity index (χ3v) is 9.21. The Labute approximate surface area is 188 Å². The van der Waals surface area contributed by atoms with Crippen molar-refractivity contribution in [2.75, 3.05) is 41.4 Å². The van der Waals surface area contributed by atoms with E-state index in [4.69, 9.17) is 29.2 Å². The maximum Gasteiger partial charge on any atom is 0.262 e. The minimum atomic E-state index is -2.90. The highest BCUT2D eigenvalue weighted by atomic mass is 32.2. The van der Waals surface area contributed by atoms with Gasteiger partial charge in [-0.25, -0.2) is 16.8 Å². The smallest absolute Gasteiger partial charge is 0.262 e. The molecule has 0 aliphatic carbocycles. The number of benzene rings is 1. The van der Waals surface area contributed by atoms with Crippen LogP contribution < -0.4 is 20.7 Å². The largest absolute Gasteiger partial charge is 0.432 e. The number of thiocarbonyl (C=S) groups is 2.